The lowest BCUT2D eigenvalue weighted by molar-refractivity contribution is 0.483. The van der Waals surface area contributed by atoms with E-state index in [0.717, 1.165) is 12.1 Å². The third-order valence-corrected chi connectivity index (χ3v) is 4.47. The van der Waals surface area contributed by atoms with Crippen LogP contribution in [0.15, 0.2) is 48.5 Å². The van der Waals surface area contributed by atoms with Crippen LogP contribution in [0.25, 0.3) is 0 Å². The Hall–Kier alpha value is -1.67. The van der Waals surface area contributed by atoms with Gasteiger partial charge in [-0.15, -0.1) is 0 Å². The van der Waals surface area contributed by atoms with Crippen LogP contribution < -0.4 is 5.32 Å². The van der Waals surface area contributed by atoms with E-state index in [1.54, 1.807) is 6.07 Å². The largest absolute Gasteiger partial charge is 0.310 e. The van der Waals surface area contributed by atoms with Crippen molar-refractivity contribution < 1.29 is 4.39 Å². The zero-order valence-corrected chi connectivity index (χ0v) is 12.6. The van der Waals surface area contributed by atoms with Crippen LogP contribution in [0, 0.1) is 18.7 Å². The van der Waals surface area contributed by atoms with E-state index in [2.05, 4.69) is 48.6 Å². The summed E-state index contributed by atoms with van der Waals surface area (Å²) >= 11 is 0. The molecule has 1 fully saturated rings. The Labute approximate surface area is 126 Å². The molecule has 2 aromatic rings. The van der Waals surface area contributed by atoms with E-state index in [4.69, 9.17) is 0 Å². The van der Waals surface area contributed by atoms with Gasteiger partial charge in [-0.2, -0.15) is 0 Å². The van der Waals surface area contributed by atoms with Gasteiger partial charge in [0.05, 0.1) is 0 Å². The van der Waals surface area contributed by atoms with E-state index in [-0.39, 0.29) is 11.9 Å². The van der Waals surface area contributed by atoms with Crippen LogP contribution in [0.4, 0.5) is 4.39 Å². The average molecular weight is 283 g/mol. The van der Waals surface area contributed by atoms with E-state index >= 15 is 0 Å². The Balaban J connectivity index is 1.81. The third-order valence-electron chi connectivity index (χ3n) is 4.47. The zero-order chi connectivity index (χ0) is 14.8. The lowest BCUT2D eigenvalue weighted by Crippen LogP contribution is -2.23. The van der Waals surface area contributed by atoms with Gasteiger partial charge in [-0.3, -0.25) is 0 Å². The maximum absolute atomic E-state index is 13.9. The van der Waals surface area contributed by atoms with Crippen LogP contribution in [-0.2, 0) is 0 Å². The first-order valence-electron chi connectivity index (χ1n) is 7.75. The molecule has 110 valence electrons. The second-order valence-corrected chi connectivity index (χ2v) is 5.96. The third kappa shape index (κ3) is 3.01. The molecular formula is C19H22FN. The summed E-state index contributed by atoms with van der Waals surface area (Å²) in [5.74, 6) is 1.06. The van der Waals surface area contributed by atoms with Gasteiger partial charge >= 0.3 is 0 Å². The van der Waals surface area contributed by atoms with Gasteiger partial charge in [0.25, 0.3) is 0 Å². The topological polar surface area (TPSA) is 12.0 Å². The van der Waals surface area contributed by atoms with Crippen LogP contribution in [-0.4, -0.2) is 6.54 Å². The van der Waals surface area contributed by atoms with Crippen molar-refractivity contribution in [2.45, 2.75) is 32.2 Å². The molecule has 3 rings (SSSR count). The predicted molar refractivity (Wildman–Crippen MR) is 84.8 cm³/mol. The maximum Gasteiger partial charge on any atom is 0.126 e. The van der Waals surface area contributed by atoms with Crippen LogP contribution in [0.5, 0.6) is 0 Å². The maximum atomic E-state index is 13.9. The Bertz CT molecular complexity index is 608. The van der Waals surface area contributed by atoms with Crippen molar-refractivity contribution in [2.24, 2.45) is 5.92 Å². The fourth-order valence-electron chi connectivity index (χ4n) is 3.21. The van der Waals surface area contributed by atoms with Crippen molar-refractivity contribution in [3.63, 3.8) is 0 Å². The van der Waals surface area contributed by atoms with Gasteiger partial charge in [-0.05, 0) is 54.5 Å². The molecule has 0 radical (unpaired) electrons. The van der Waals surface area contributed by atoms with Gasteiger partial charge in [0.1, 0.15) is 5.82 Å². The number of hydrogen-bond donors (Lipinski definition) is 1. The first-order valence-corrected chi connectivity index (χ1v) is 7.75. The summed E-state index contributed by atoms with van der Waals surface area (Å²) in [4.78, 5) is 0. The second kappa shape index (κ2) is 5.98. The molecule has 0 aliphatic heterocycles. The molecule has 0 bridgehead atoms. The van der Waals surface area contributed by atoms with Crippen LogP contribution >= 0.6 is 0 Å². The highest BCUT2D eigenvalue weighted by atomic mass is 19.1. The SMILES string of the molecule is CCNC(c1ccc(C)c(F)c1)C1CC1c1ccccc1. The molecule has 3 unspecified atom stereocenters. The summed E-state index contributed by atoms with van der Waals surface area (Å²) in [6.45, 7) is 4.82. The van der Waals surface area contributed by atoms with E-state index in [1.165, 1.54) is 12.0 Å². The normalized spacial score (nSPS) is 22.0. The summed E-state index contributed by atoms with van der Waals surface area (Å²) in [6, 6.07) is 16.5. The molecule has 1 aliphatic rings. The van der Waals surface area contributed by atoms with Gasteiger partial charge in [0.2, 0.25) is 0 Å². The summed E-state index contributed by atoms with van der Waals surface area (Å²) in [7, 11) is 0. The predicted octanol–water partition coefficient (Wildman–Crippen LogP) is 4.59. The molecule has 0 aromatic heterocycles. The van der Waals surface area contributed by atoms with Crippen molar-refractivity contribution in [2.75, 3.05) is 6.54 Å². The Morgan fingerprint density at radius 1 is 1.19 bits per heavy atom. The van der Waals surface area contributed by atoms with E-state index in [9.17, 15) is 4.39 Å². The standard InChI is InChI=1S/C19H22FN/c1-3-21-19(15-10-9-13(2)18(20)11-15)17-12-16(17)14-7-5-4-6-8-14/h4-11,16-17,19,21H,3,12H2,1-2H3. The summed E-state index contributed by atoms with van der Waals surface area (Å²) in [5.41, 5.74) is 3.19. The van der Waals surface area contributed by atoms with Crippen molar-refractivity contribution in [3.05, 3.63) is 71.0 Å². The van der Waals surface area contributed by atoms with Gasteiger partial charge in [0.15, 0.2) is 0 Å². The Kier molecular flexibility index (Phi) is 4.07. The van der Waals surface area contributed by atoms with Crippen molar-refractivity contribution in [1.29, 1.82) is 0 Å². The number of aryl methyl sites for hydroxylation is 1. The highest BCUT2D eigenvalue weighted by Crippen LogP contribution is 2.54. The number of benzene rings is 2. The first-order chi connectivity index (χ1) is 10.2. The van der Waals surface area contributed by atoms with Gasteiger partial charge < -0.3 is 5.32 Å². The molecule has 0 spiro atoms. The monoisotopic (exact) mass is 283 g/mol. The van der Waals surface area contributed by atoms with Crippen LogP contribution in [0.1, 0.15) is 42.0 Å². The minimum Gasteiger partial charge on any atom is -0.310 e. The highest BCUT2D eigenvalue weighted by Gasteiger charge is 2.44. The lowest BCUT2D eigenvalue weighted by Gasteiger charge is -2.19. The van der Waals surface area contributed by atoms with Crippen LogP contribution in [0.3, 0.4) is 0 Å². The summed E-state index contributed by atoms with van der Waals surface area (Å²) < 4.78 is 13.9. The smallest absolute Gasteiger partial charge is 0.126 e. The molecule has 1 nitrogen and oxygen atoms in total. The number of nitrogens with one attached hydrogen (secondary N) is 1. The zero-order valence-electron chi connectivity index (χ0n) is 12.6. The quantitative estimate of drug-likeness (QED) is 0.846. The molecule has 21 heavy (non-hydrogen) atoms. The second-order valence-electron chi connectivity index (χ2n) is 5.96. The molecule has 2 heteroatoms. The number of halogens is 1. The minimum atomic E-state index is -0.104. The molecule has 1 aliphatic carbocycles. The van der Waals surface area contributed by atoms with Crippen molar-refractivity contribution in [1.82, 2.24) is 5.32 Å². The van der Waals surface area contributed by atoms with Crippen molar-refractivity contribution in [3.8, 4) is 0 Å². The highest BCUT2D eigenvalue weighted by molar-refractivity contribution is 5.32. The first kappa shape index (κ1) is 14.3. The molecule has 1 N–H and O–H groups in total. The molecule has 2 aromatic carbocycles. The molecule has 0 amide bonds. The van der Waals surface area contributed by atoms with Gasteiger partial charge in [-0.25, -0.2) is 4.39 Å². The Morgan fingerprint density at radius 2 is 1.95 bits per heavy atom. The molecule has 0 saturated heterocycles. The molecule has 1 saturated carbocycles. The van der Waals surface area contributed by atoms with Crippen molar-refractivity contribution >= 4 is 0 Å². The Morgan fingerprint density at radius 3 is 2.62 bits per heavy atom. The lowest BCUT2D eigenvalue weighted by atomic mass is 9.97. The number of rotatable bonds is 5. The van der Waals surface area contributed by atoms with Gasteiger partial charge in [0, 0.05) is 6.04 Å². The summed E-state index contributed by atoms with van der Waals surface area (Å²) in [6.07, 6.45) is 1.18. The van der Waals surface area contributed by atoms with E-state index in [1.807, 2.05) is 13.0 Å². The number of hydrogen-bond acceptors (Lipinski definition) is 1. The van der Waals surface area contributed by atoms with E-state index < -0.39 is 0 Å². The molecule has 0 heterocycles. The molecule has 3 atom stereocenters. The van der Waals surface area contributed by atoms with Crippen LogP contribution in [0.2, 0.25) is 0 Å². The van der Waals surface area contributed by atoms with E-state index in [0.29, 0.717) is 17.4 Å². The average Bonchev–Trinajstić information content (AvgIpc) is 3.29. The summed E-state index contributed by atoms with van der Waals surface area (Å²) in [5, 5.41) is 3.54. The minimum absolute atomic E-state index is 0.104. The van der Waals surface area contributed by atoms with Gasteiger partial charge in [-0.1, -0.05) is 49.4 Å². The fourth-order valence-corrected chi connectivity index (χ4v) is 3.21. The molecular weight excluding hydrogens is 261 g/mol. The fraction of sp³-hybridized carbons (Fsp3) is 0.368.